The zero-order valence-electron chi connectivity index (χ0n) is 17.3. The first kappa shape index (κ1) is 22.5. The van der Waals surface area contributed by atoms with E-state index < -0.39 is 23.7 Å². The number of nitrogens with zero attached hydrogens (tertiary/aromatic N) is 2. The van der Waals surface area contributed by atoms with Crippen LogP contribution in [0.15, 0.2) is 65.7 Å². The molecular weight excluding hydrogens is 407 g/mol. The highest BCUT2D eigenvalue weighted by Crippen LogP contribution is 2.38. The maximum atomic E-state index is 14.2. The van der Waals surface area contributed by atoms with E-state index in [9.17, 15) is 22.8 Å². The van der Waals surface area contributed by atoms with Gasteiger partial charge >= 0.3 is 11.8 Å². The van der Waals surface area contributed by atoms with Gasteiger partial charge in [-0.1, -0.05) is 74.5 Å². The number of carbonyl (C=O) groups excluding carboxylic acids is 2. The molecule has 0 fully saturated rings. The van der Waals surface area contributed by atoms with Gasteiger partial charge in [-0.3, -0.25) is 14.5 Å². The maximum absolute atomic E-state index is 14.2. The molecule has 0 radical (unpaired) electrons. The molecule has 1 unspecified atom stereocenters. The van der Waals surface area contributed by atoms with Gasteiger partial charge in [-0.05, 0) is 17.9 Å². The fourth-order valence-electron chi connectivity index (χ4n) is 3.42. The maximum Gasteiger partial charge on any atom is 0.442 e. The Balaban J connectivity index is 2.01. The van der Waals surface area contributed by atoms with Gasteiger partial charge in [-0.25, -0.2) is 4.99 Å². The van der Waals surface area contributed by atoms with Crippen LogP contribution < -0.4 is 5.32 Å². The third-order valence-electron chi connectivity index (χ3n) is 4.91. The minimum Gasteiger partial charge on any atom is -0.316 e. The standard InChI is InChI=1S/C23H24F3N3O2/c1-16(2)15-19(30)27-22(23(24,25)26)21(31)29(14-13-17-9-5-3-6-10-17)20(28-22)18-11-7-4-8-12-18/h3-12,16H,13-15H2,1-2H3,(H,27,30). The molecule has 0 saturated carbocycles. The molecule has 0 aromatic heterocycles. The lowest BCUT2D eigenvalue weighted by molar-refractivity contribution is -0.200. The number of amides is 2. The Hall–Kier alpha value is -3.16. The quantitative estimate of drug-likeness (QED) is 0.722. The molecule has 164 valence electrons. The smallest absolute Gasteiger partial charge is 0.316 e. The van der Waals surface area contributed by atoms with Crippen molar-refractivity contribution >= 4 is 17.6 Å². The van der Waals surface area contributed by atoms with E-state index in [-0.39, 0.29) is 24.7 Å². The number of alkyl halides is 3. The summed E-state index contributed by atoms with van der Waals surface area (Å²) < 4.78 is 42.7. The van der Waals surface area contributed by atoms with Crippen LogP contribution in [-0.2, 0) is 16.0 Å². The van der Waals surface area contributed by atoms with Gasteiger partial charge in [0.05, 0.1) is 0 Å². The number of benzene rings is 2. The molecule has 1 heterocycles. The van der Waals surface area contributed by atoms with Crippen LogP contribution in [0.4, 0.5) is 13.2 Å². The van der Waals surface area contributed by atoms with Gasteiger partial charge in [0.25, 0.3) is 5.91 Å². The second-order valence-electron chi connectivity index (χ2n) is 7.85. The summed E-state index contributed by atoms with van der Waals surface area (Å²) in [4.78, 5) is 30.3. The Morgan fingerprint density at radius 3 is 2.19 bits per heavy atom. The van der Waals surface area contributed by atoms with Crippen LogP contribution in [0.2, 0.25) is 0 Å². The Bertz CT molecular complexity index is 959. The number of amidine groups is 1. The molecule has 2 aromatic rings. The van der Waals surface area contributed by atoms with Crippen LogP contribution in [0.1, 0.15) is 31.4 Å². The molecule has 2 amide bonds. The zero-order chi connectivity index (χ0) is 22.6. The molecule has 3 rings (SSSR count). The molecular formula is C23H24F3N3O2. The number of halogens is 3. The number of hydrogen-bond acceptors (Lipinski definition) is 3. The average Bonchev–Trinajstić information content (AvgIpc) is 3.00. The first-order valence-corrected chi connectivity index (χ1v) is 10.0. The summed E-state index contributed by atoms with van der Waals surface area (Å²) in [6.07, 6.45) is -4.91. The Kier molecular flexibility index (Phi) is 6.48. The lowest BCUT2D eigenvalue weighted by Crippen LogP contribution is -2.63. The minimum atomic E-state index is -5.10. The van der Waals surface area contributed by atoms with E-state index in [1.54, 1.807) is 44.2 Å². The van der Waals surface area contributed by atoms with Gasteiger partial charge in [0.2, 0.25) is 5.91 Å². The van der Waals surface area contributed by atoms with Crippen LogP contribution in [0.25, 0.3) is 0 Å². The van der Waals surface area contributed by atoms with Gasteiger partial charge in [0.15, 0.2) is 0 Å². The van der Waals surface area contributed by atoms with Crippen molar-refractivity contribution in [1.29, 1.82) is 0 Å². The molecule has 1 aliphatic heterocycles. The van der Waals surface area contributed by atoms with Crippen molar-refractivity contribution in [2.24, 2.45) is 10.9 Å². The van der Waals surface area contributed by atoms with Crippen molar-refractivity contribution in [2.45, 2.75) is 38.5 Å². The van der Waals surface area contributed by atoms with Crippen molar-refractivity contribution in [2.75, 3.05) is 6.54 Å². The van der Waals surface area contributed by atoms with Crippen LogP contribution in [0, 0.1) is 5.92 Å². The third-order valence-corrected chi connectivity index (χ3v) is 4.91. The van der Waals surface area contributed by atoms with Crippen LogP contribution >= 0.6 is 0 Å². The number of nitrogens with one attached hydrogen (secondary N) is 1. The molecule has 1 N–H and O–H groups in total. The molecule has 1 aliphatic rings. The summed E-state index contributed by atoms with van der Waals surface area (Å²) in [6, 6.07) is 17.3. The molecule has 2 aromatic carbocycles. The number of hydrogen-bond donors (Lipinski definition) is 1. The monoisotopic (exact) mass is 431 g/mol. The molecule has 5 nitrogen and oxygen atoms in total. The highest BCUT2D eigenvalue weighted by atomic mass is 19.4. The minimum absolute atomic E-state index is 0.00550. The second-order valence-corrected chi connectivity index (χ2v) is 7.85. The van der Waals surface area contributed by atoms with Crippen LogP contribution in [0.3, 0.4) is 0 Å². The summed E-state index contributed by atoms with van der Waals surface area (Å²) in [7, 11) is 0. The normalized spacial score (nSPS) is 19.0. The Labute approximate surface area is 179 Å². The Morgan fingerprint density at radius 2 is 1.65 bits per heavy atom. The molecule has 31 heavy (non-hydrogen) atoms. The van der Waals surface area contributed by atoms with Gasteiger partial charge < -0.3 is 5.32 Å². The largest absolute Gasteiger partial charge is 0.442 e. The lowest BCUT2D eigenvalue weighted by atomic mass is 10.1. The summed E-state index contributed by atoms with van der Waals surface area (Å²) >= 11 is 0. The van der Waals surface area contributed by atoms with Crippen molar-refractivity contribution in [3.05, 3.63) is 71.8 Å². The zero-order valence-corrected chi connectivity index (χ0v) is 17.3. The molecule has 0 aliphatic carbocycles. The molecule has 1 atom stereocenters. The third kappa shape index (κ3) is 4.78. The topological polar surface area (TPSA) is 61.8 Å². The predicted molar refractivity (Wildman–Crippen MR) is 111 cm³/mol. The summed E-state index contributed by atoms with van der Waals surface area (Å²) in [5, 5.41) is 1.90. The van der Waals surface area contributed by atoms with E-state index in [1.807, 2.05) is 35.6 Å². The molecule has 8 heteroatoms. The van der Waals surface area contributed by atoms with E-state index in [1.165, 1.54) is 0 Å². The Morgan fingerprint density at radius 1 is 1.06 bits per heavy atom. The van der Waals surface area contributed by atoms with Crippen LogP contribution in [0.5, 0.6) is 0 Å². The summed E-state index contributed by atoms with van der Waals surface area (Å²) in [6.45, 7) is 3.41. The molecule has 0 spiro atoms. The lowest BCUT2D eigenvalue weighted by Gasteiger charge is -2.29. The fraction of sp³-hybridized carbons (Fsp3) is 0.348. The summed E-state index contributed by atoms with van der Waals surface area (Å²) in [5.74, 6) is -2.45. The van der Waals surface area contributed by atoms with Crippen molar-refractivity contribution < 1.29 is 22.8 Å². The fourth-order valence-corrected chi connectivity index (χ4v) is 3.42. The van der Waals surface area contributed by atoms with E-state index in [0.29, 0.717) is 12.0 Å². The van der Waals surface area contributed by atoms with Crippen molar-refractivity contribution in [3.8, 4) is 0 Å². The van der Waals surface area contributed by atoms with E-state index in [0.717, 1.165) is 10.5 Å². The van der Waals surface area contributed by atoms with E-state index in [2.05, 4.69) is 4.99 Å². The number of rotatable bonds is 7. The first-order chi connectivity index (χ1) is 14.6. The van der Waals surface area contributed by atoms with Crippen LogP contribution in [-0.4, -0.2) is 40.9 Å². The average molecular weight is 431 g/mol. The van der Waals surface area contributed by atoms with Crippen molar-refractivity contribution in [3.63, 3.8) is 0 Å². The first-order valence-electron chi connectivity index (χ1n) is 10.0. The van der Waals surface area contributed by atoms with Gasteiger partial charge in [0.1, 0.15) is 5.84 Å². The second kappa shape index (κ2) is 8.91. The summed E-state index contributed by atoms with van der Waals surface area (Å²) in [5.41, 5.74) is -2.09. The molecule has 0 bridgehead atoms. The number of aliphatic imine (C=N–C) groups is 1. The van der Waals surface area contributed by atoms with E-state index >= 15 is 0 Å². The van der Waals surface area contributed by atoms with Crippen molar-refractivity contribution in [1.82, 2.24) is 10.2 Å². The molecule has 0 saturated heterocycles. The van der Waals surface area contributed by atoms with E-state index in [4.69, 9.17) is 0 Å². The van der Waals surface area contributed by atoms with Gasteiger partial charge in [-0.2, -0.15) is 13.2 Å². The van der Waals surface area contributed by atoms with Gasteiger partial charge in [-0.15, -0.1) is 0 Å². The highest BCUT2D eigenvalue weighted by molar-refractivity contribution is 6.16. The van der Waals surface area contributed by atoms with Gasteiger partial charge in [0, 0.05) is 18.5 Å². The predicted octanol–water partition coefficient (Wildman–Crippen LogP) is 3.94. The number of carbonyl (C=O) groups is 2. The highest BCUT2D eigenvalue weighted by Gasteiger charge is 2.67. The SMILES string of the molecule is CC(C)CC(=O)NC1(C(F)(F)F)N=C(c2ccccc2)N(CCc2ccccc2)C1=O.